The monoisotopic (exact) mass is 476 g/mol. The van der Waals surface area contributed by atoms with Crippen molar-refractivity contribution in [3.05, 3.63) is 0 Å². The lowest BCUT2D eigenvalue weighted by Gasteiger charge is -2.61. The van der Waals surface area contributed by atoms with Crippen LogP contribution in [0.15, 0.2) is 0 Å². The second-order valence-electron chi connectivity index (χ2n) is 13.8. The summed E-state index contributed by atoms with van der Waals surface area (Å²) in [5, 5.41) is 23.4. The molecule has 11 atom stereocenters. The number of methoxy groups -OCH3 is 1. The molecule has 5 fully saturated rings. The fraction of sp³-hybridized carbons (Fsp3) is 0.967. The molecule has 196 valence electrons. The lowest BCUT2D eigenvalue weighted by Crippen LogP contribution is -2.59. The quantitative estimate of drug-likeness (QED) is 0.474. The predicted molar refractivity (Wildman–Crippen MR) is 136 cm³/mol. The molecule has 8 unspecified atom stereocenters. The highest BCUT2D eigenvalue weighted by Crippen LogP contribution is 2.90. The van der Waals surface area contributed by atoms with Crippen LogP contribution in [-0.2, 0) is 9.53 Å². The smallest absolute Gasteiger partial charge is 0.305 e. The van der Waals surface area contributed by atoms with Crippen LogP contribution in [0.25, 0.3) is 0 Å². The Kier molecular flexibility index (Phi) is 6.38. The number of carbonyl (C=O) groups is 1. The van der Waals surface area contributed by atoms with Crippen molar-refractivity contribution in [2.24, 2.45) is 56.7 Å². The van der Waals surface area contributed by atoms with Gasteiger partial charge in [-0.3, -0.25) is 4.79 Å². The van der Waals surface area contributed by atoms with Gasteiger partial charge in [-0.2, -0.15) is 0 Å². The number of aliphatic hydroxyl groups is 2. The van der Waals surface area contributed by atoms with Gasteiger partial charge in [0.05, 0.1) is 19.3 Å². The molecule has 5 aliphatic rings. The summed E-state index contributed by atoms with van der Waals surface area (Å²) in [5.41, 5.74) is 0.629. The highest BCUT2D eigenvalue weighted by molar-refractivity contribution is 5.69. The first-order chi connectivity index (χ1) is 15.8. The second kappa shape index (κ2) is 8.20. The summed E-state index contributed by atoms with van der Waals surface area (Å²) in [4.78, 5) is 12.1. The lowest BCUT2D eigenvalue weighted by molar-refractivity contribution is -0.174. The van der Waals surface area contributed by atoms with Crippen LogP contribution in [0.5, 0.6) is 0 Å². The number of hydrogen-bond acceptors (Lipinski definition) is 4. The molecule has 4 heteroatoms. The van der Waals surface area contributed by atoms with E-state index >= 15 is 0 Å². The van der Waals surface area contributed by atoms with E-state index in [2.05, 4.69) is 41.5 Å². The first-order valence-electron chi connectivity index (χ1n) is 14.3. The lowest BCUT2D eigenvalue weighted by atomic mass is 9.44. The molecular formula is C30H52O4. The van der Waals surface area contributed by atoms with Gasteiger partial charge in [0.2, 0.25) is 0 Å². The topological polar surface area (TPSA) is 66.8 Å². The third-order valence-electron chi connectivity index (χ3n) is 13.1. The van der Waals surface area contributed by atoms with E-state index in [1.54, 1.807) is 0 Å². The van der Waals surface area contributed by atoms with Gasteiger partial charge in [-0.1, -0.05) is 61.8 Å². The Labute approximate surface area is 208 Å². The molecular weight excluding hydrogens is 424 g/mol. The first-order valence-corrected chi connectivity index (χ1v) is 14.3. The van der Waals surface area contributed by atoms with Crippen molar-refractivity contribution in [3.63, 3.8) is 0 Å². The molecule has 5 aliphatic carbocycles. The van der Waals surface area contributed by atoms with Crippen molar-refractivity contribution >= 4 is 5.97 Å². The third-order valence-corrected chi connectivity index (χ3v) is 13.1. The van der Waals surface area contributed by atoms with Crippen molar-refractivity contribution < 1.29 is 19.7 Å². The number of rotatable bonds is 3. The number of ether oxygens (including phenoxy) is 1. The van der Waals surface area contributed by atoms with Gasteiger partial charge >= 0.3 is 5.97 Å². The Bertz CT molecular complexity index is 808. The van der Waals surface area contributed by atoms with Gasteiger partial charge < -0.3 is 14.9 Å². The van der Waals surface area contributed by atoms with Crippen LogP contribution >= 0.6 is 0 Å². The number of fused-ring (bicyclic) bond motifs is 2. The minimum absolute atomic E-state index is 0.0722. The normalized spacial score (nSPS) is 53.1. The maximum atomic E-state index is 12.1. The van der Waals surface area contributed by atoms with Crippen LogP contribution in [0.4, 0.5) is 0 Å². The van der Waals surface area contributed by atoms with Crippen molar-refractivity contribution in [3.8, 4) is 0 Å². The van der Waals surface area contributed by atoms with E-state index in [4.69, 9.17) is 4.74 Å². The summed E-state index contributed by atoms with van der Waals surface area (Å²) in [6, 6.07) is 0. The zero-order valence-electron chi connectivity index (χ0n) is 23.4. The number of hydrogen-bond donors (Lipinski definition) is 2. The zero-order valence-corrected chi connectivity index (χ0v) is 23.4. The molecule has 4 nitrogen and oxygen atoms in total. The summed E-state index contributed by atoms with van der Waals surface area (Å²) in [6.07, 6.45) is 7.44. The fourth-order valence-corrected chi connectivity index (χ4v) is 11.3. The minimum Gasteiger partial charge on any atom is -0.469 e. The Morgan fingerprint density at radius 1 is 0.971 bits per heavy atom. The van der Waals surface area contributed by atoms with Gasteiger partial charge in [0, 0.05) is 6.42 Å². The Hall–Kier alpha value is -0.610. The number of aliphatic hydroxyl groups excluding tert-OH is 2. The molecule has 0 aromatic heterocycles. The summed E-state index contributed by atoms with van der Waals surface area (Å²) in [6.45, 7) is 18.2. The second-order valence-corrected chi connectivity index (χ2v) is 13.8. The highest BCUT2D eigenvalue weighted by Gasteiger charge is 2.86. The van der Waals surface area contributed by atoms with E-state index < -0.39 is 6.10 Å². The van der Waals surface area contributed by atoms with E-state index in [9.17, 15) is 15.0 Å². The molecule has 34 heavy (non-hydrogen) atoms. The molecule has 0 aliphatic heterocycles. The van der Waals surface area contributed by atoms with Gasteiger partial charge in [0.25, 0.3) is 0 Å². The molecule has 0 radical (unpaired) electrons. The molecule has 2 N–H and O–H groups in total. The average Bonchev–Trinajstić information content (AvgIpc) is 3.21. The molecule has 2 spiro atoms. The number of esters is 1. The summed E-state index contributed by atoms with van der Waals surface area (Å²) < 4.78 is 5.00. The van der Waals surface area contributed by atoms with E-state index in [0.717, 1.165) is 19.3 Å². The van der Waals surface area contributed by atoms with E-state index in [1.165, 1.54) is 32.8 Å². The van der Waals surface area contributed by atoms with Gasteiger partial charge in [0.1, 0.15) is 0 Å². The zero-order chi connectivity index (χ0) is 25.5. The van der Waals surface area contributed by atoms with E-state index in [0.29, 0.717) is 29.1 Å². The van der Waals surface area contributed by atoms with Gasteiger partial charge in [-0.25, -0.2) is 0 Å². The van der Waals surface area contributed by atoms with Crippen LogP contribution in [0, 0.1) is 56.7 Å². The Morgan fingerprint density at radius 2 is 1.62 bits per heavy atom. The van der Waals surface area contributed by atoms with Crippen LogP contribution < -0.4 is 0 Å². The molecule has 0 amide bonds. The van der Waals surface area contributed by atoms with Crippen LogP contribution in [-0.4, -0.2) is 35.5 Å². The standard InChI is InChI=1S/C28H46O4.C2H6/c1-16(13-21(31)32-7)26(6)15-19(30)22-23-18(29)14-20-24(3,4)9-8-10-27(20)17(2)28(23,27)12-11-25(22,26)5;1-2/h16-20,22-23,29-30H,8-15H2,1-7H3;1-2H3/t16-,17-,18?,19?,20?,22?,23?,25?,26?,27?,28+;/m1./s1. The van der Waals surface area contributed by atoms with Crippen molar-refractivity contribution in [1.29, 1.82) is 0 Å². The molecule has 5 rings (SSSR count). The summed E-state index contributed by atoms with van der Waals surface area (Å²) in [5.74, 6) is 1.51. The SMILES string of the molecule is CC.COC(=O)C[C@@H](C)C1(C)CC(O)C2C3C(O)CC4C(C)(C)CCCC45[C@@H](C)[C@@]35CCC21C. The predicted octanol–water partition coefficient (Wildman–Crippen LogP) is 6.23. The highest BCUT2D eigenvalue weighted by atomic mass is 16.5. The molecule has 0 saturated heterocycles. The van der Waals surface area contributed by atoms with Crippen molar-refractivity contribution in [2.75, 3.05) is 7.11 Å². The van der Waals surface area contributed by atoms with Gasteiger partial charge in [-0.05, 0) is 95.2 Å². The first kappa shape index (κ1) is 26.5. The maximum absolute atomic E-state index is 12.1. The van der Waals surface area contributed by atoms with E-state index in [-0.39, 0.29) is 46.1 Å². The fourth-order valence-electron chi connectivity index (χ4n) is 11.3. The van der Waals surface area contributed by atoms with Crippen LogP contribution in [0.3, 0.4) is 0 Å². The average molecular weight is 477 g/mol. The minimum atomic E-state index is -0.403. The Morgan fingerprint density at radius 3 is 2.24 bits per heavy atom. The molecule has 5 saturated carbocycles. The molecule has 0 aromatic rings. The van der Waals surface area contributed by atoms with E-state index in [1.807, 2.05) is 13.8 Å². The Balaban J connectivity index is 0.00000133. The molecule has 0 aromatic carbocycles. The maximum Gasteiger partial charge on any atom is 0.305 e. The third kappa shape index (κ3) is 2.93. The summed E-state index contributed by atoms with van der Waals surface area (Å²) >= 11 is 0. The van der Waals surface area contributed by atoms with Gasteiger partial charge in [-0.15, -0.1) is 0 Å². The van der Waals surface area contributed by atoms with Crippen molar-refractivity contribution in [1.82, 2.24) is 0 Å². The summed E-state index contributed by atoms with van der Waals surface area (Å²) in [7, 11) is 1.46. The molecule has 0 bridgehead atoms. The van der Waals surface area contributed by atoms with Crippen LogP contribution in [0.1, 0.15) is 107 Å². The number of carbonyl (C=O) groups excluding carboxylic acids is 1. The van der Waals surface area contributed by atoms with Crippen molar-refractivity contribution in [2.45, 2.75) is 119 Å². The van der Waals surface area contributed by atoms with Gasteiger partial charge in [0.15, 0.2) is 0 Å². The largest absolute Gasteiger partial charge is 0.469 e. The van der Waals surface area contributed by atoms with Crippen LogP contribution in [0.2, 0.25) is 0 Å². The molecule has 0 heterocycles.